The maximum absolute atomic E-state index is 12.9. The number of hydrogen-bond donors (Lipinski definition) is 2. The van der Waals surface area contributed by atoms with Crippen LogP contribution in [-0.2, 0) is 19.8 Å². The number of aromatic nitrogens is 3. The van der Waals surface area contributed by atoms with Crippen molar-refractivity contribution in [1.29, 1.82) is 0 Å². The Balaban J connectivity index is 1.61. The molecule has 1 aromatic carbocycles. The molecule has 0 aliphatic carbocycles. The highest BCUT2D eigenvalue weighted by Gasteiger charge is 2.33. The summed E-state index contributed by atoms with van der Waals surface area (Å²) < 4.78 is 40.5. The molecule has 0 saturated carbocycles. The van der Waals surface area contributed by atoms with Crippen molar-refractivity contribution in [2.24, 2.45) is 7.05 Å². The van der Waals surface area contributed by atoms with Crippen molar-refractivity contribution < 1.29 is 18.0 Å². The highest BCUT2D eigenvalue weighted by atomic mass is 19.4. The fourth-order valence-corrected chi connectivity index (χ4v) is 2.49. The summed E-state index contributed by atoms with van der Waals surface area (Å²) in [5, 5.41) is 8.81. The number of para-hydroxylation sites is 1. The van der Waals surface area contributed by atoms with E-state index in [0.29, 0.717) is 5.56 Å². The third-order valence-corrected chi connectivity index (χ3v) is 3.84. The number of urea groups is 1. The molecule has 27 heavy (non-hydrogen) atoms. The minimum absolute atomic E-state index is 0.124. The van der Waals surface area contributed by atoms with E-state index in [4.69, 9.17) is 0 Å². The molecule has 2 N–H and O–H groups in total. The second-order valence-corrected chi connectivity index (χ2v) is 5.74. The van der Waals surface area contributed by atoms with Gasteiger partial charge in [0.25, 0.3) is 0 Å². The first-order chi connectivity index (χ1) is 12.8. The van der Waals surface area contributed by atoms with Gasteiger partial charge in [-0.25, -0.2) is 4.79 Å². The van der Waals surface area contributed by atoms with Crippen LogP contribution in [0, 0.1) is 0 Å². The van der Waals surface area contributed by atoms with Crippen LogP contribution in [-0.4, -0.2) is 20.8 Å². The van der Waals surface area contributed by atoms with Crippen LogP contribution in [0.25, 0.3) is 11.4 Å². The van der Waals surface area contributed by atoms with Gasteiger partial charge in [0, 0.05) is 26.0 Å². The molecule has 140 valence electrons. The number of halogens is 3. The normalized spacial score (nSPS) is 11.3. The SMILES string of the molecule is Cn1nccc1-c1ccc(CNC(=O)Nc2ccccc2C(F)(F)F)cn1. The van der Waals surface area contributed by atoms with Crippen molar-refractivity contribution in [2.75, 3.05) is 5.32 Å². The van der Waals surface area contributed by atoms with Gasteiger partial charge in [0.15, 0.2) is 0 Å². The van der Waals surface area contributed by atoms with Crippen molar-refractivity contribution in [3.8, 4) is 11.4 Å². The molecule has 2 amide bonds. The van der Waals surface area contributed by atoms with Gasteiger partial charge in [-0.2, -0.15) is 18.3 Å². The third-order valence-electron chi connectivity index (χ3n) is 3.84. The number of benzene rings is 1. The van der Waals surface area contributed by atoms with Crippen LogP contribution in [0.3, 0.4) is 0 Å². The van der Waals surface area contributed by atoms with Gasteiger partial charge >= 0.3 is 12.2 Å². The standard InChI is InChI=1S/C18H16F3N5O/c1-26-16(8-9-24-26)15-7-6-12(10-22-15)11-23-17(27)25-14-5-3-2-4-13(14)18(19,20)21/h2-10H,11H2,1H3,(H2,23,25,27). The second-order valence-electron chi connectivity index (χ2n) is 5.74. The van der Waals surface area contributed by atoms with Crippen molar-refractivity contribution >= 4 is 11.7 Å². The van der Waals surface area contributed by atoms with E-state index in [1.54, 1.807) is 36.3 Å². The van der Waals surface area contributed by atoms with E-state index < -0.39 is 17.8 Å². The lowest BCUT2D eigenvalue weighted by molar-refractivity contribution is -0.136. The molecule has 6 nitrogen and oxygen atoms in total. The van der Waals surface area contributed by atoms with Crippen LogP contribution >= 0.6 is 0 Å². The fraction of sp³-hybridized carbons (Fsp3) is 0.167. The van der Waals surface area contributed by atoms with Crippen molar-refractivity contribution in [1.82, 2.24) is 20.1 Å². The van der Waals surface area contributed by atoms with Crippen molar-refractivity contribution in [3.63, 3.8) is 0 Å². The number of carbonyl (C=O) groups excluding carboxylic acids is 1. The number of carbonyl (C=O) groups is 1. The maximum Gasteiger partial charge on any atom is 0.418 e. The quantitative estimate of drug-likeness (QED) is 0.728. The number of aryl methyl sites for hydroxylation is 1. The lowest BCUT2D eigenvalue weighted by Crippen LogP contribution is -2.29. The highest BCUT2D eigenvalue weighted by Crippen LogP contribution is 2.34. The van der Waals surface area contributed by atoms with Gasteiger partial charge in [-0.15, -0.1) is 0 Å². The van der Waals surface area contributed by atoms with Crippen LogP contribution < -0.4 is 10.6 Å². The number of alkyl halides is 3. The first kappa shape index (κ1) is 18.4. The Bertz CT molecular complexity index is 935. The summed E-state index contributed by atoms with van der Waals surface area (Å²) in [5.41, 5.74) is 1.08. The minimum atomic E-state index is -4.55. The Hall–Kier alpha value is -3.36. The largest absolute Gasteiger partial charge is 0.418 e. The Morgan fingerprint density at radius 3 is 2.56 bits per heavy atom. The number of anilines is 1. The zero-order valence-corrected chi connectivity index (χ0v) is 14.3. The predicted molar refractivity (Wildman–Crippen MR) is 93.7 cm³/mol. The van der Waals surface area contributed by atoms with Gasteiger partial charge in [-0.1, -0.05) is 18.2 Å². The number of rotatable bonds is 4. The Morgan fingerprint density at radius 1 is 1.15 bits per heavy atom. The van der Waals surface area contributed by atoms with Crippen LogP contribution in [0.1, 0.15) is 11.1 Å². The van der Waals surface area contributed by atoms with Gasteiger partial charge in [-0.3, -0.25) is 9.67 Å². The topological polar surface area (TPSA) is 71.8 Å². The summed E-state index contributed by atoms with van der Waals surface area (Å²) in [7, 11) is 1.80. The molecular weight excluding hydrogens is 359 g/mol. The molecule has 0 aliphatic rings. The Kier molecular flexibility index (Phi) is 5.11. The molecule has 0 aliphatic heterocycles. The van der Waals surface area contributed by atoms with Gasteiger partial charge < -0.3 is 10.6 Å². The average Bonchev–Trinajstić information content (AvgIpc) is 3.06. The molecule has 0 spiro atoms. The summed E-state index contributed by atoms with van der Waals surface area (Å²) >= 11 is 0. The van der Waals surface area contributed by atoms with Gasteiger partial charge in [0.1, 0.15) is 0 Å². The first-order valence-corrected chi connectivity index (χ1v) is 7.99. The number of amides is 2. The molecule has 2 heterocycles. The van der Waals surface area contributed by atoms with Crippen LogP contribution in [0.2, 0.25) is 0 Å². The lowest BCUT2D eigenvalue weighted by atomic mass is 10.1. The zero-order valence-electron chi connectivity index (χ0n) is 14.3. The van der Waals surface area contributed by atoms with Gasteiger partial charge in [-0.05, 0) is 29.8 Å². The molecule has 0 atom stereocenters. The molecule has 0 saturated heterocycles. The molecule has 2 aromatic heterocycles. The number of hydrogen-bond acceptors (Lipinski definition) is 3. The number of pyridine rings is 1. The third kappa shape index (κ3) is 4.43. The molecule has 0 fully saturated rings. The zero-order chi connectivity index (χ0) is 19.4. The molecule has 0 radical (unpaired) electrons. The summed E-state index contributed by atoms with van der Waals surface area (Å²) in [6, 6.07) is 9.45. The summed E-state index contributed by atoms with van der Waals surface area (Å²) in [4.78, 5) is 16.3. The van der Waals surface area contributed by atoms with E-state index in [1.165, 1.54) is 18.2 Å². The first-order valence-electron chi connectivity index (χ1n) is 7.99. The molecule has 0 bridgehead atoms. The summed E-state index contributed by atoms with van der Waals surface area (Å²) in [6.07, 6.45) is -1.29. The maximum atomic E-state index is 12.9. The van der Waals surface area contributed by atoms with E-state index in [2.05, 4.69) is 20.7 Å². The van der Waals surface area contributed by atoms with Crippen LogP contribution in [0.4, 0.5) is 23.7 Å². The molecule has 0 unspecified atom stereocenters. The molecule has 3 aromatic rings. The lowest BCUT2D eigenvalue weighted by Gasteiger charge is -2.14. The molecule has 9 heteroatoms. The van der Waals surface area contributed by atoms with Crippen molar-refractivity contribution in [2.45, 2.75) is 12.7 Å². The number of nitrogens with zero attached hydrogens (tertiary/aromatic N) is 3. The smallest absolute Gasteiger partial charge is 0.334 e. The average molecular weight is 375 g/mol. The number of nitrogens with one attached hydrogen (secondary N) is 2. The molecular formula is C18H16F3N5O. The van der Waals surface area contributed by atoms with E-state index in [1.807, 2.05) is 6.07 Å². The highest BCUT2D eigenvalue weighted by molar-refractivity contribution is 5.90. The van der Waals surface area contributed by atoms with E-state index in [-0.39, 0.29) is 12.2 Å². The van der Waals surface area contributed by atoms with Gasteiger partial charge in [0.2, 0.25) is 0 Å². The van der Waals surface area contributed by atoms with E-state index in [0.717, 1.165) is 17.5 Å². The van der Waals surface area contributed by atoms with E-state index in [9.17, 15) is 18.0 Å². The monoisotopic (exact) mass is 375 g/mol. The predicted octanol–water partition coefficient (Wildman–Crippen LogP) is 3.82. The summed E-state index contributed by atoms with van der Waals surface area (Å²) in [6.45, 7) is 0.124. The van der Waals surface area contributed by atoms with E-state index >= 15 is 0 Å². The fourth-order valence-electron chi connectivity index (χ4n) is 2.49. The summed E-state index contributed by atoms with van der Waals surface area (Å²) in [5.74, 6) is 0. The van der Waals surface area contributed by atoms with Gasteiger partial charge in [0.05, 0.1) is 22.6 Å². The van der Waals surface area contributed by atoms with Crippen LogP contribution in [0.15, 0.2) is 54.9 Å². The molecule has 3 rings (SSSR count). The second kappa shape index (κ2) is 7.48. The Labute approximate surface area is 153 Å². The minimum Gasteiger partial charge on any atom is -0.334 e. The Morgan fingerprint density at radius 2 is 1.93 bits per heavy atom. The van der Waals surface area contributed by atoms with Crippen molar-refractivity contribution in [3.05, 3.63) is 66.0 Å². The van der Waals surface area contributed by atoms with Crippen LogP contribution in [0.5, 0.6) is 0 Å².